The van der Waals surface area contributed by atoms with Gasteiger partial charge in [-0.2, -0.15) is 13.2 Å². The highest BCUT2D eigenvalue weighted by molar-refractivity contribution is 5.89. The maximum absolute atomic E-state index is 12.6. The fourth-order valence-corrected chi connectivity index (χ4v) is 3.18. The molecule has 1 fully saturated rings. The number of rotatable bonds is 6. The van der Waals surface area contributed by atoms with Crippen LogP contribution in [-0.2, 0) is 6.54 Å². The van der Waals surface area contributed by atoms with Gasteiger partial charge in [0.2, 0.25) is 0 Å². The summed E-state index contributed by atoms with van der Waals surface area (Å²) in [6, 6.07) is 14.2. The zero-order valence-electron chi connectivity index (χ0n) is 16.6. The molecular formula is C21H24F3N3O3. The Hall–Kier alpha value is -2.94. The second-order valence-electron chi connectivity index (χ2n) is 6.95. The largest absolute Gasteiger partial charge is 0.493 e. The van der Waals surface area contributed by atoms with Crippen LogP contribution < -0.4 is 14.8 Å². The number of anilines is 1. The molecule has 30 heavy (non-hydrogen) atoms. The molecule has 1 heterocycles. The Balaban J connectivity index is 1.54. The fourth-order valence-electron chi connectivity index (χ4n) is 3.18. The van der Waals surface area contributed by atoms with Crippen LogP contribution >= 0.6 is 0 Å². The second-order valence-corrected chi connectivity index (χ2v) is 6.95. The number of amides is 2. The molecule has 0 bridgehead atoms. The molecule has 0 atom stereocenters. The number of alkyl halides is 3. The summed E-state index contributed by atoms with van der Waals surface area (Å²) in [7, 11) is 1.34. The fraction of sp³-hybridized carbons (Fsp3) is 0.381. The van der Waals surface area contributed by atoms with Crippen molar-refractivity contribution in [2.45, 2.75) is 12.7 Å². The number of ether oxygens (including phenoxy) is 2. The predicted molar refractivity (Wildman–Crippen MR) is 107 cm³/mol. The molecule has 0 aliphatic carbocycles. The van der Waals surface area contributed by atoms with E-state index in [2.05, 4.69) is 22.3 Å². The number of nitrogens with zero attached hydrogens (tertiary/aromatic N) is 2. The van der Waals surface area contributed by atoms with Crippen molar-refractivity contribution in [1.29, 1.82) is 0 Å². The van der Waals surface area contributed by atoms with E-state index in [1.807, 2.05) is 18.2 Å². The summed E-state index contributed by atoms with van der Waals surface area (Å²) in [6.45, 7) is 1.99. The molecule has 9 heteroatoms. The molecule has 0 radical (unpaired) electrons. The molecule has 0 spiro atoms. The maximum atomic E-state index is 12.6. The molecule has 1 N–H and O–H groups in total. The summed E-state index contributed by atoms with van der Waals surface area (Å²) in [6.07, 6.45) is -4.47. The number of nitrogens with one attached hydrogen (secondary N) is 1. The number of benzene rings is 2. The molecule has 2 amide bonds. The van der Waals surface area contributed by atoms with E-state index in [-0.39, 0.29) is 17.5 Å². The van der Waals surface area contributed by atoms with Gasteiger partial charge in [-0.15, -0.1) is 0 Å². The summed E-state index contributed by atoms with van der Waals surface area (Å²) in [5.41, 5.74) is 1.56. The van der Waals surface area contributed by atoms with Gasteiger partial charge in [0.1, 0.15) is 0 Å². The van der Waals surface area contributed by atoms with Crippen molar-refractivity contribution >= 4 is 11.7 Å². The number of carbonyl (C=O) groups excluding carboxylic acids is 1. The van der Waals surface area contributed by atoms with Crippen LogP contribution in [0.1, 0.15) is 5.56 Å². The quantitative estimate of drug-likeness (QED) is 0.764. The third-order valence-electron chi connectivity index (χ3n) is 4.71. The smallest absolute Gasteiger partial charge is 0.422 e. The van der Waals surface area contributed by atoms with E-state index in [1.54, 1.807) is 11.0 Å². The first-order chi connectivity index (χ1) is 14.3. The maximum Gasteiger partial charge on any atom is 0.422 e. The average molecular weight is 423 g/mol. The van der Waals surface area contributed by atoms with Crippen LogP contribution in [0.2, 0.25) is 0 Å². The van der Waals surface area contributed by atoms with Gasteiger partial charge in [-0.1, -0.05) is 30.3 Å². The van der Waals surface area contributed by atoms with Crippen molar-refractivity contribution in [3.63, 3.8) is 0 Å². The molecule has 162 valence electrons. The zero-order chi connectivity index (χ0) is 21.6. The van der Waals surface area contributed by atoms with Crippen molar-refractivity contribution in [1.82, 2.24) is 9.80 Å². The number of urea groups is 1. The van der Waals surface area contributed by atoms with Gasteiger partial charge in [0.15, 0.2) is 18.1 Å². The van der Waals surface area contributed by atoms with Crippen molar-refractivity contribution in [3.05, 3.63) is 54.1 Å². The molecule has 1 aliphatic heterocycles. The molecular weight excluding hydrogens is 399 g/mol. The Morgan fingerprint density at radius 2 is 1.73 bits per heavy atom. The zero-order valence-corrected chi connectivity index (χ0v) is 16.6. The lowest BCUT2D eigenvalue weighted by Gasteiger charge is -2.34. The standard InChI is InChI=1S/C21H24F3N3O3/c1-29-18-8-7-17(13-19(18)30-15-21(22,23)24)25-20(28)27-11-9-26(10-12-27)14-16-5-3-2-4-6-16/h2-8,13H,9-12,14-15H2,1H3,(H,25,28). The molecule has 6 nitrogen and oxygen atoms in total. The van der Waals surface area contributed by atoms with Gasteiger partial charge >= 0.3 is 12.2 Å². The van der Waals surface area contributed by atoms with E-state index in [0.717, 1.165) is 19.6 Å². The van der Waals surface area contributed by atoms with Crippen LogP contribution in [0.15, 0.2) is 48.5 Å². The Kier molecular flexibility index (Phi) is 7.04. The topological polar surface area (TPSA) is 54.0 Å². The van der Waals surface area contributed by atoms with Crippen LogP contribution in [0.3, 0.4) is 0 Å². The minimum Gasteiger partial charge on any atom is -0.493 e. The van der Waals surface area contributed by atoms with Gasteiger partial charge in [0, 0.05) is 44.5 Å². The Labute approximate surface area is 173 Å². The number of hydrogen-bond donors (Lipinski definition) is 1. The highest BCUT2D eigenvalue weighted by Crippen LogP contribution is 2.31. The SMILES string of the molecule is COc1ccc(NC(=O)N2CCN(Cc3ccccc3)CC2)cc1OCC(F)(F)F. The predicted octanol–water partition coefficient (Wildman–Crippen LogP) is 3.99. The third-order valence-corrected chi connectivity index (χ3v) is 4.71. The molecule has 1 aliphatic rings. The minimum absolute atomic E-state index is 0.0831. The van der Waals surface area contributed by atoms with Crippen LogP contribution in [0, 0.1) is 0 Å². The van der Waals surface area contributed by atoms with Crippen molar-refractivity contribution < 1.29 is 27.4 Å². The van der Waals surface area contributed by atoms with Crippen LogP contribution in [0.4, 0.5) is 23.7 Å². The van der Waals surface area contributed by atoms with Crippen LogP contribution in [0.25, 0.3) is 0 Å². The number of hydrogen-bond acceptors (Lipinski definition) is 4. The van der Waals surface area contributed by atoms with Crippen molar-refractivity contribution in [2.24, 2.45) is 0 Å². The van der Waals surface area contributed by atoms with Crippen LogP contribution in [-0.4, -0.2) is 61.9 Å². The first kappa shape index (κ1) is 21.8. The Morgan fingerprint density at radius 1 is 1.03 bits per heavy atom. The van der Waals surface area contributed by atoms with E-state index in [9.17, 15) is 18.0 Å². The molecule has 2 aromatic rings. The summed E-state index contributed by atoms with van der Waals surface area (Å²) >= 11 is 0. The van der Waals surface area contributed by atoms with Gasteiger partial charge in [0.05, 0.1) is 7.11 Å². The minimum atomic E-state index is -4.47. The number of halogens is 3. The molecule has 0 saturated carbocycles. The average Bonchev–Trinajstić information content (AvgIpc) is 2.73. The highest BCUT2D eigenvalue weighted by atomic mass is 19.4. The lowest BCUT2D eigenvalue weighted by atomic mass is 10.2. The van der Waals surface area contributed by atoms with Gasteiger partial charge in [-0.25, -0.2) is 4.79 Å². The molecule has 3 rings (SSSR count). The molecule has 1 saturated heterocycles. The number of methoxy groups -OCH3 is 1. The number of carbonyl (C=O) groups is 1. The third kappa shape index (κ3) is 6.28. The summed E-state index contributed by atoms with van der Waals surface area (Å²) in [5, 5.41) is 2.72. The summed E-state index contributed by atoms with van der Waals surface area (Å²) in [5.74, 6) is 0.0760. The summed E-state index contributed by atoms with van der Waals surface area (Å²) < 4.78 is 47.2. The van der Waals surface area contributed by atoms with Gasteiger partial charge in [-0.05, 0) is 17.7 Å². The highest BCUT2D eigenvalue weighted by Gasteiger charge is 2.29. The van der Waals surface area contributed by atoms with Crippen molar-refractivity contribution in [2.75, 3.05) is 45.2 Å². The van der Waals surface area contributed by atoms with E-state index < -0.39 is 12.8 Å². The van der Waals surface area contributed by atoms with Crippen LogP contribution in [0.5, 0.6) is 11.5 Å². The summed E-state index contributed by atoms with van der Waals surface area (Å²) in [4.78, 5) is 16.5. The molecule has 0 unspecified atom stereocenters. The van der Waals surface area contributed by atoms with Gasteiger partial charge in [0.25, 0.3) is 0 Å². The second kappa shape index (κ2) is 9.71. The van der Waals surface area contributed by atoms with Gasteiger partial charge in [-0.3, -0.25) is 4.90 Å². The molecule has 0 aromatic heterocycles. The lowest BCUT2D eigenvalue weighted by molar-refractivity contribution is -0.153. The van der Waals surface area contributed by atoms with E-state index in [0.29, 0.717) is 18.8 Å². The Morgan fingerprint density at radius 3 is 2.37 bits per heavy atom. The Bertz CT molecular complexity index is 838. The first-order valence-electron chi connectivity index (χ1n) is 9.54. The molecule has 2 aromatic carbocycles. The van der Waals surface area contributed by atoms with E-state index in [4.69, 9.17) is 9.47 Å². The van der Waals surface area contributed by atoms with E-state index in [1.165, 1.54) is 24.8 Å². The number of piperazine rings is 1. The first-order valence-corrected chi connectivity index (χ1v) is 9.54. The lowest BCUT2D eigenvalue weighted by Crippen LogP contribution is -2.49. The van der Waals surface area contributed by atoms with Gasteiger partial charge < -0.3 is 19.7 Å². The monoisotopic (exact) mass is 423 g/mol. The van der Waals surface area contributed by atoms with E-state index >= 15 is 0 Å². The normalized spacial score (nSPS) is 15.0. The van der Waals surface area contributed by atoms with Crippen molar-refractivity contribution in [3.8, 4) is 11.5 Å².